The standard InChI is InChI=1S/C20H24N4O/c1-19(2)14-9-10-20(19,3)17(11-14)23-24-18(25)16-12-15(21-22-16)13-7-5-4-6-8-13/h4-8,12,14H,9-11H2,1-3H3,(H,21,22)(H,24,25)/b23-17+/t14-,20+/m1/s1. The maximum atomic E-state index is 12.4. The van der Waals surface area contributed by atoms with Gasteiger partial charge in [0.1, 0.15) is 5.69 Å². The third-order valence-corrected chi connectivity index (χ3v) is 6.70. The molecular weight excluding hydrogens is 312 g/mol. The number of nitrogens with zero attached hydrogens (tertiary/aromatic N) is 2. The lowest BCUT2D eigenvalue weighted by Gasteiger charge is -2.34. The number of aromatic nitrogens is 2. The summed E-state index contributed by atoms with van der Waals surface area (Å²) in [5, 5.41) is 11.5. The molecule has 2 aliphatic rings. The Morgan fingerprint density at radius 3 is 2.68 bits per heavy atom. The zero-order valence-corrected chi connectivity index (χ0v) is 15.0. The summed E-state index contributed by atoms with van der Waals surface area (Å²) >= 11 is 0. The van der Waals surface area contributed by atoms with Crippen molar-refractivity contribution < 1.29 is 4.79 Å². The van der Waals surface area contributed by atoms with Gasteiger partial charge in [-0.1, -0.05) is 51.1 Å². The Morgan fingerprint density at radius 2 is 2.04 bits per heavy atom. The highest BCUT2D eigenvalue weighted by Gasteiger charge is 2.60. The van der Waals surface area contributed by atoms with Gasteiger partial charge in [0.05, 0.1) is 5.69 Å². The number of carbonyl (C=O) groups excluding carboxylic acids is 1. The SMILES string of the molecule is CC1(C)[C@@H]2CC[C@@]1(C)/C(=N/NC(=O)c1cc(-c3ccccc3)n[nH]1)C2. The minimum Gasteiger partial charge on any atom is -0.272 e. The summed E-state index contributed by atoms with van der Waals surface area (Å²) < 4.78 is 0. The number of benzene rings is 1. The molecule has 25 heavy (non-hydrogen) atoms. The van der Waals surface area contributed by atoms with Crippen LogP contribution in [-0.2, 0) is 0 Å². The van der Waals surface area contributed by atoms with Crippen LogP contribution in [-0.4, -0.2) is 21.8 Å². The van der Waals surface area contributed by atoms with E-state index in [0.717, 1.165) is 29.8 Å². The van der Waals surface area contributed by atoms with Crippen LogP contribution in [0.3, 0.4) is 0 Å². The van der Waals surface area contributed by atoms with Gasteiger partial charge >= 0.3 is 0 Å². The van der Waals surface area contributed by atoms with Crippen LogP contribution in [0.1, 0.15) is 50.5 Å². The normalized spacial score (nSPS) is 28.4. The Labute approximate surface area is 147 Å². The van der Waals surface area contributed by atoms with Gasteiger partial charge in [0.25, 0.3) is 5.91 Å². The minimum absolute atomic E-state index is 0.0914. The second kappa shape index (κ2) is 5.55. The Hall–Kier alpha value is -2.43. The number of hydrogen-bond donors (Lipinski definition) is 2. The predicted molar refractivity (Wildman–Crippen MR) is 98.2 cm³/mol. The summed E-state index contributed by atoms with van der Waals surface area (Å²) in [6.45, 7) is 6.95. The number of carbonyl (C=O) groups is 1. The fraction of sp³-hybridized carbons (Fsp3) is 0.450. The van der Waals surface area contributed by atoms with E-state index in [0.29, 0.717) is 11.6 Å². The zero-order chi connectivity index (χ0) is 17.7. The molecule has 2 N–H and O–H groups in total. The lowest BCUT2D eigenvalue weighted by molar-refractivity contribution is 0.0949. The van der Waals surface area contributed by atoms with E-state index in [4.69, 9.17) is 0 Å². The maximum Gasteiger partial charge on any atom is 0.289 e. The van der Waals surface area contributed by atoms with Gasteiger partial charge < -0.3 is 0 Å². The van der Waals surface area contributed by atoms with Crippen molar-refractivity contribution in [3.05, 3.63) is 42.1 Å². The van der Waals surface area contributed by atoms with E-state index in [-0.39, 0.29) is 16.7 Å². The molecule has 2 aromatic rings. The van der Waals surface area contributed by atoms with E-state index in [1.165, 1.54) is 6.42 Å². The van der Waals surface area contributed by atoms with Gasteiger partial charge in [0.15, 0.2) is 0 Å². The quantitative estimate of drug-likeness (QED) is 0.832. The largest absolute Gasteiger partial charge is 0.289 e. The summed E-state index contributed by atoms with van der Waals surface area (Å²) in [7, 11) is 0. The average molecular weight is 336 g/mol. The zero-order valence-electron chi connectivity index (χ0n) is 15.0. The van der Waals surface area contributed by atoms with E-state index in [1.807, 2.05) is 30.3 Å². The molecule has 1 heterocycles. The highest BCUT2D eigenvalue weighted by Crippen LogP contribution is 2.63. The van der Waals surface area contributed by atoms with E-state index >= 15 is 0 Å². The first kappa shape index (κ1) is 16.1. The second-order valence-corrected chi connectivity index (χ2v) is 8.03. The average Bonchev–Trinajstić information content (AvgIpc) is 3.23. The van der Waals surface area contributed by atoms with Crippen molar-refractivity contribution in [1.29, 1.82) is 0 Å². The maximum absolute atomic E-state index is 12.4. The van der Waals surface area contributed by atoms with Crippen LogP contribution < -0.4 is 5.43 Å². The van der Waals surface area contributed by atoms with Crippen molar-refractivity contribution in [2.45, 2.75) is 40.0 Å². The molecule has 0 spiro atoms. The molecule has 4 rings (SSSR count). The Kier molecular flexibility index (Phi) is 3.56. The first-order chi connectivity index (χ1) is 11.9. The number of rotatable bonds is 3. The first-order valence-corrected chi connectivity index (χ1v) is 8.90. The van der Waals surface area contributed by atoms with Crippen LogP contribution in [0.15, 0.2) is 41.5 Å². The number of fused-ring (bicyclic) bond motifs is 2. The van der Waals surface area contributed by atoms with Gasteiger partial charge in [-0.3, -0.25) is 9.89 Å². The summed E-state index contributed by atoms with van der Waals surface area (Å²) in [5.41, 5.74) is 6.37. The van der Waals surface area contributed by atoms with Crippen LogP contribution in [0, 0.1) is 16.7 Å². The molecule has 2 bridgehead atoms. The molecule has 2 atom stereocenters. The monoisotopic (exact) mass is 336 g/mol. The minimum atomic E-state index is -0.244. The summed E-state index contributed by atoms with van der Waals surface area (Å²) in [4.78, 5) is 12.4. The fourth-order valence-electron chi connectivity index (χ4n) is 4.47. The van der Waals surface area contributed by atoms with Gasteiger partial charge in [-0.2, -0.15) is 10.2 Å². The molecule has 5 nitrogen and oxygen atoms in total. The Balaban J connectivity index is 1.50. The van der Waals surface area contributed by atoms with Crippen molar-refractivity contribution in [2.75, 3.05) is 0 Å². The molecule has 2 aliphatic carbocycles. The smallest absolute Gasteiger partial charge is 0.272 e. The number of hydrogen-bond acceptors (Lipinski definition) is 3. The van der Waals surface area contributed by atoms with Gasteiger partial charge in [0.2, 0.25) is 0 Å². The number of H-pyrrole nitrogens is 1. The highest BCUT2D eigenvalue weighted by molar-refractivity contribution is 5.97. The second-order valence-electron chi connectivity index (χ2n) is 8.03. The Morgan fingerprint density at radius 1 is 1.28 bits per heavy atom. The molecule has 5 heteroatoms. The molecule has 0 unspecified atom stereocenters. The van der Waals surface area contributed by atoms with Crippen molar-refractivity contribution in [1.82, 2.24) is 15.6 Å². The van der Waals surface area contributed by atoms with Crippen LogP contribution in [0.5, 0.6) is 0 Å². The Bertz CT molecular complexity index is 836. The topological polar surface area (TPSA) is 70.1 Å². The molecule has 130 valence electrons. The number of nitrogens with one attached hydrogen (secondary N) is 2. The molecule has 1 aromatic heterocycles. The van der Waals surface area contributed by atoms with Crippen molar-refractivity contribution >= 4 is 11.6 Å². The third-order valence-electron chi connectivity index (χ3n) is 6.70. The van der Waals surface area contributed by atoms with E-state index < -0.39 is 0 Å². The molecule has 2 fully saturated rings. The molecule has 0 radical (unpaired) electrons. The lowest BCUT2D eigenvalue weighted by atomic mass is 9.70. The van der Waals surface area contributed by atoms with Crippen LogP contribution >= 0.6 is 0 Å². The molecule has 2 saturated carbocycles. The van der Waals surface area contributed by atoms with Crippen molar-refractivity contribution in [3.63, 3.8) is 0 Å². The summed E-state index contributed by atoms with van der Waals surface area (Å²) in [5.74, 6) is 0.427. The van der Waals surface area contributed by atoms with Crippen LogP contribution in [0.4, 0.5) is 0 Å². The van der Waals surface area contributed by atoms with Gasteiger partial charge in [-0.25, -0.2) is 5.43 Å². The van der Waals surface area contributed by atoms with Crippen molar-refractivity contribution in [2.24, 2.45) is 21.8 Å². The summed E-state index contributed by atoms with van der Waals surface area (Å²) in [6, 6.07) is 11.6. The van der Waals surface area contributed by atoms with Gasteiger partial charge in [-0.15, -0.1) is 0 Å². The molecular formula is C20H24N4O. The van der Waals surface area contributed by atoms with E-state index in [9.17, 15) is 4.79 Å². The molecule has 1 amide bonds. The number of aromatic amines is 1. The molecule has 0 saturated heterocycles. The molecule has 0 aliphatic heterocycles. The van der Waals surface area contributed by atoms with Crippen molar-refractivity contribution in [3.8, 4) is 11.3 Å². The fourth-order valence-corrected chi connectivity index (χ4v) is 4.47. The predicted octanol–water partition coefficient (Wildman–Crippen LogP) is 4.01. The van der Waals surface area contributed by atoms with Crippen LogP contribution in [0.2, 0.25) is 0 Å². The van der Waals surface area contributed by atoms with Gasteiger partial charge in [0, 0.05) is 16.7 Å². The van der Waals surface area contributed by atoms with E-state index in [1.54, 1.807) is 6.07 Å². The van der Waals surface area contributed by atoms with Gasteiger partial charge in [-0.05, 0) is 36.7 Å². The lowest BCUT2D eigenvalue weighted by Crippen LogP contribution is -2.34. The molecule has 1 aromatic carbocycles. The first-order valence-electron chi connectivity index (χ1n) is 8.90. The number of amides is 1. The number of hydrazone groups is 1. The summed E-state index contributed by atoms with van der Waals surface area (Å²) in [6.07, 6.45) is 3.40. The van der Waals surface area contributed by atoms with E-state index in [2.05, 4.69) is 41.5 Å². The third kappa shape index (κ3) is 2.41. The van der Waals surface area contributed by atoms with Crippen LogP contribution in [0.25, 0.3) is 11.3 Å². The highest BCUT2D eigenvalue weighted by atomic mass is 16.2.